The molecule has 1 aromatic carbocycles. The third-order valence-electron chi connectivity index (χ3n) is 6.36. The highest BCUT2D eigenvalue weighted by atomic mass is 32.1. The van der Waals surface area contributed by atoms with Gasteiger partial charge in [0.1, 0.15) is 17.3 Å². The number of fused-ring (bicyclic) bond motifs is 2. The van der Waals surface area contributed by atoms with Gasteiger partial charge in [0.25, 0.3) is 0 Å². The number of nitrogens with zero attached hydrogens (tertiary/aromatic N) is 4. The van der Waals surface area contributed by atoms with Gasteiger partial charge in [0, 0.05) is 36.2 Å². The molecule has 0 saturated heterocycles. The van der Waals surface area contributed by atoms with Gasteiger partial charge in [-0.2, -0.15) is 0 Å². The fourth-order valence-corrected chi connectivity index (χ4v) is 5.53. The third kappa shape index (κ3) is 4.42. The molecule has 8 heteroatoms. The summed E-state index contributed by atoms with van der Waals surface area (Å²) in [6.07, 6.45) is 5.27. The molecule has 3 aromatic heterocycles. The molecular weight excluding hydrogens is 446 g/mol. The summed E-state index contributed by atoms with van der Waals surface area (Å²) >= 11 is 1.73. The molecule has 1 aliphatic rings. The Morgan fingerprint density at radius 2 is 2.09 bits per heavy atom. The number of rotatable bonds is 6. The van der Waals surface area contributed by atoms with E-state index in [0.717, 1.165) is 46.3 Å². The largest absolute Gasteiger partial charge is 0.457 e. The van der Waals surface area contributed by atoms with Crippen molar-refractivity contribution in [2.24, 2.45) is 12.5 Å². The zero-order chi connectivity index (χ0) is 24.0. The number of carbonyl (C=O) groups is 1. The van der Waals surface area contributed by atoms with Crippen LogP contribution in [0.4, 0.5) is 11.1 Å². The molecule has 5 rings (SSSR count). The van der Waals surface area contributed by atoms with Crippen LogP contribution in [0.5, 0.6) is 11.5 Å². The van der Waals surface area contributed by atoms with Crippen LogP contribution in [0.2, 0.25) is 0 Å². The Bertz CT molecular complexity index is 1400. The maximum atomic E-state index is 11.4. The highest BCUT2D eigenvalue weighted by molar-refractivity contribution is 7.15. The zero-order valence-corrected chi connectivity index (χ0v) is 21.0. The number of Topliss-reactive ketones (excluding diaryl/α,β-unsaturated/α-hetero) is 1. The summed E-state index contributed by atoms with van der Waals surface area (Å²) in [5.41, 5.74) is 5.11. The minimum absolute atomic E-state index is 0.0713. The topological polar surface area (TPSA) is 81.9 Å². The number of carbonyl (C=O) groups excluding carboxylic acids is 1. The van der Waals surface area contributed by atoms with Crippen LogP contribution >= 0.6 is 11.3 Å². The standard InChI is InChI=1S/C26H29N5O2S/c1-15(32)12-17-13-18(9-11-27-17)33-21-7-6-19-23(16(21)2)31(5)24(28-19)30-25-29-20-14-26(3,4)10-8-22(20)34-25/h6-7,9,11,13H,8,10,12,14H2,1-5H3,(H,28,29,30). The van der Waals surface area contributed by atoms with E-state index in [1.165, 1.54) is 17.0 Å². The SMILES string of the molecule is CC(=O)Cc1cc(Oc2ccc3nc(Nc4nc5c(s4)CCC(C)(C)C5)n(C)c3c2C)ccn1. The van der Waals surface area contributed by atoms with Crippen LogP contribution in [-0.4, -0.2) is 25.3 Å². The quantitative estimate of drug-likeness (QED) is 0.373. The predicted octanol–water partition coefficient (Wildman–Crippen LogP) is 5.92. The number of nitrogens with one attached hydrogen (secondary N) is 1. The van der Waals surface area contributed by atoms with E-state index in [9.17, 15) is 4.79 Å². The summed E-state index contributed by atoms with van der Waals surface area (Å²) in [7, 11) is 2.00. The van der Waals surface area contributed by atoms with Gasteiger partial charge in [-0.25, -0.2) is 9.97 Å². The van der Waals surface area contributed by atoms with Crippen LogP contribution in [0.3, 0.4) is 0 Å². The number of benzene rings is 1. The lowest BCUT2D eigenvalue weighted by Crippen LogP contribution is -2.21. The van der Waals surface area contributed by atoms with Crippen molar-refractivity contribution in [2.75, 3.05) is 5.32 Å². The number of hydrogen-bond acceptors (Lipinski definition) is 7. The Labute approximate surface area is 203 Å². The van der Waals surface area contributed by atoms with Crippen molar-refractivity contribution in [3.05, 3.63) is 52.3 Å². The molecule has 3 heterocycles. The van der Waals surface area contributed by atoms with Gasteiger partial charge in [0.15, 0.2) is 5.13 Å². The normalized spacial score (nSPS) is 14.7. The fourth-order valence-electron chi connectivity index (χ4n) is 4.56. The van der Waals surface area contributed by atoms with Gasteiger partial charge in [0.05, 0.1) is 22.4 Å². The summed E-state index contributed by atoms with van der Waals surface area (Å²) in [6.45, 7) is 8.22. The Hall–Kier alpha value is -3.26. The van der Waals surface area contributed by atoms with E-state index >= 15 is 0 Å². The summed E-state index contributed by atoms with van der Waals surface area (Å²) in [6, 6.07) is 7.52. The van der Waals surface area contributed by atoms with E-state index < -0.39 is 0 Å². The second-order valence-electron chi connectivity index (χ2n) is 9.87. The molecule has 7 nitrogen and oxygen atoms in total. The first-order valence-electron chi connectivity index (χ1n) is 11.5. The lowest BCUT2D eigenvalue weighted by molar-refractivity contribution is -0.116. The second-order valence-corrected chi connectivity index (χ2v) is 11.0. The zero-order valence-electron chi connectivity index (χ0n) is 20.2. The molecule has 34 heavy (non-hydrogen) atoms. The second kappa shape index (κ2) is 8.51. The van der Waals surface area contributed by atoms with Crippen LogP contribution < -0.4 is 10.1 Å². The average molecular weight is 476 g/mol. The molecule has 0 spiro atoms. The van der Waals surface area contributed by atoms with Crippen LogP contribution in [0.25, 0.3) is 11.0 Å². The molecule has 0 atom stereocenters. The van der Waals surface area contributed by atoms with Crippen molar-refractivity contribution >= 4 is 39.2 Å². The van der Waals surface area contributed by atoms with E-state index in [2.05, 4.69) is 28.7 Å². The number of anilines is 2. The Morgan fingerprint density at radius 1 is 1.26 bits per heavy atom. The monoisotopic (exact) mass is 475 g/mol. The third-order valence-corrected chi connectivity index (χ3v) is 7.43. The smallest absolute Gasteiger partial charge is 0.209 e. The van der Waals surface area contributed by atoms with Gasteiger partial charge in [0.2, 0.25) is 5.95 Å². The van der Waals surface area contributed by atoms with Gasteiger partial charge in [-0.3, -0.25) is 9.78 Å². The molecule has 0 fully saturated rings. The van der Waals surface area contributed by atoms with Crippen molar-refractivity contribution in [2.45, 2.75) is 53.4 Å². The lowest BCUT2D eigenvalue weighted by atomic mass is 9.79. The number of ketones is 1. The highest BCUT2D eigenvalue weighted by Gasteiger charge is 2.28. The number of ether oxygens (including phenoxy) is 1. The minimum atomic E-state index is 0.0713. The maximum Gasteiger partial charge on any atom is 0.209 e. The Balaban J connectivity index is 1.42. The molecule has 0 aliphatic heterocycles. The van der Waals surface area contributed by atoms with Gasteiger partial charge >= 0.3 is 0 Å². The van der Waals surface area contributed by atoms with Gasteiger partial charge in [-0.1, -0.05) is 13.8 Å². The van der Waals surface area contributed by atoms with Gasteiger partial charge < -0.3 is 14.6 Å². The first-order valence-corrected chi connectivity index (χ1v) is 12.3. The Morgan fingerprint density at radius 3 is 2.88 bits per heavy atom. The molecule has 4 aromatic rings. The van der Waals surface area contributed by atoms with Crippen LogP contribution in [0, 0.1) is 12.3 Å². The van der Waals surface area contributed by atoms with Crippen LogP contribution in [0.15, 0.2) is 30.5 Å². The summed E-state index contributed by atoms with van der Waals surface area (Å²) in [4.78, 5) is 26.8. The summed E-state index contributed by atoms with van der Waals surface area (Å²) in [5, 5.41) is 4.34. The fraction of sp³-hybridized carbons (Fsp3) is 0.385. The van der Waals surface area contributed by atoms with Crippen molar-refractivity contribution in [1.29, 1.82) is 0 Å². The van der Waals surface area contributed by atoms with Crippen molar-refractivity contribution in [3.8, 4) is 11.5 Å². The Kier molecular flexibility index (Phi) is 5.64. The highest BCUT2D eigenvalue weighted by Crippen LogP contribution is 2.39. The van der Waals surface area contributed by atoms with Crippen molar-refractivity contribution in [3.63, 3.8) is 0 Å². The average Bonchev–Trinajstić information content (AvgIpc) is 3.29. The van der Waals surface area contributed by atoms with Crippen LogP contribution in [0.1, 0.15) is 49.0 Å². The number of imidazole rings is 1. The molecule has 1 aliphatic carbocycles. The molecule has 1 N–H and O–H groups in total. The molecule has 0 bridgehead atoms. The lowest BCUT2D eigenvalue weighted by Gasteiger charge is -2.27. The summed E-state index contributed by atoms with van der Waals surface area (Å²) < 4.78 is 8.22. The first-order chi connectivity index (χ1) is 16.2. The molecule has 0 radical (unpaired) electrons. The molecule has 176 valence electrons. The number of aryl methyl sites for hydroxylation is 3. The maximum absolute atomic E-state index is 11.4. The van der Waals surface area contributed by atoms with E-state index in [4.69, 9.17) is 14.7 Å². The van der Waals surface area contributed by atoms with E-state index in [1.54, 1.807) is 30.5 Å². The molecule has 0 saturated carbocycles. The molecular formula is C26H29N5O2S. The number of hydrogen-bond donors (Lipinski definition) is 1. The number of aromatic nitrogens is 4. The molecule has 0 amide bonds. The van der Waals surface area contributed by atoms with Crippen molar-refractivity contribution < 1.29 is 9.53 Å². The molecule has 0 unspecified atom stereocenters. The van der Waals surface area contributed by atoms with Crippen LogP contribution in [-0.2, 0) is 31.1 Å². The van der Waals surface area contributed by atoms with Gasteiger partial charge in [-0.05, 0) is 56.7 Å². The number of thiazole rings is 1. The summed E-state index contributed by atoms with van der Waals surface area (Å²) in [5.74, 6) is 2.23. The van der Waals surface area contributed by atoms with E-state index in [1.807, 2.05) is 32.2 Å². The van der Waals surface area contributed by atoms with E-state index in [0.29, 0.717) is 23.3 Å². The number of pyridine rings is 1. The van der Waals surface area contributed by atoms with Crippen molar-refractivity contribution in [1.82, 2.24) is 19.5 Å². The van der Waals surface area contributed by atoms with Gasteiger partial charge in [-0.15, -0.1) is 11.3 Å². The van der Waals surface area contributed by atoms with E-state index in [-0.39, 0.29) is 5.78 Å². The predicted molar refractivity (Wildman–Crippen MR) is 135 cm³/mol. The minimum Gasteiger partial charge on any atom is -0.457 e. The first kappa shape index (κ1) is 22.5.